The molecule has 1 aromatic rings. The van der Waals surface area contributed by atoms with Gasteiger partial charge in [-0.1, -0.05) is 12.1 Å². The molecule has 0 bridgehead atoms. The summed E-state index contributed by atoms with van der Waals surface area (Å²) in [5.74, 6) is -0.163. The van der Waals surface area contributed by atoms with E-state index in [0.29, 0.717) is 13.1 Å². The summed E-state index contributed by atoms with van der Waals surface area (Å²) in [5.41, 5.74) is 6.29. The van der Waals surface area contributed by atoms with Crippen LogP contribution in [0.1, 0.15) is 19.4 Å². The first kappa shape index (κ1) is 14.1. The van der Waals surface area contributed by atoms with E-state index in [4.69, 9.17) is 5.73 Å². The third-order valence-electron chi connectivity index (χ3n) is 2.58. The minimum absolute atomic E-state index is 0.0248. The van der Waals surface area contributed by atoms with Gasteiger partial charge in [0.15, 0.2) is 0 Å². The molecule has 18 heavy (non-hydrogen) atoms. The van der Waals surface area contributed by atoms with Crippen LogP contribution in [0.15, 0.2) is 24.3 Å². The fourth-order valence-corrected chi connectivity index (χ4v) is 1.62. The van der Waals surface area contributed by atoms with Gasteiger partial charge in [-0.05, 0) is 19.4 Å². The van der Waals surface area contributed by atoms with Gasteiger partial charge in [0.2, 0.25) is 5.91 Å². The number of hydrogen-bond donors (Lipinski definition) is 1. The summed E-state index contributed by atoms with van der Waals surface area (Å²) in [7, 11) is 0. The zero-order valence-electron chi connectivity index (χ0n) is 10.5. The Morgan fingerprint density at radius 3 is 2.72 bits per heavy atom. The van der Waals surface area contributed by atoms with Crippen molar-refractivity contribution in [1.82, 2.24) is 4.90 Å². The van der Waals surface area contributed by atoms with Gasteiger partial charge in [0.25, 0.3) is 5.69 Å². The van der Waals surface area contributed by atoms with Crippen LogP contribution in [0.5, 0.6) is 0 Å². The van der Waals surface area contributed by atoms with E-state index in [1.165, 1.54) is 12.1 Å². The largest absolute Gasteiger partial charge is 0.337 e. The quantitative estimate of drug-likeness (QED) is 0.630. The second-order valence-electron chi connectivity index (χ2n) is 4.07. The molecule has 0 spiro atoms. The van der Waals surface area contributed by atoms with Gasteiger partial charge in [-0.25, -0.2) is 0 Å². The highest BCUT2D eigenvalue weighted by Crippen LogP contribution is 2.15. The number of hydrogen-bond acceptors (Lipinski definition) is 4. The molecule has 2 N–H and O–H groups in total. The SMILES string of the molecule is CCN(Cc1cccc([N+](=O)[O-])c1)C(=O)C(C)N. The normalized spacial score (nSPS) is 11.9. The molecule has 0 aliphatic rings. The van der Waals surface area contributed by atoms with Crippen LogP contribution < -0.4 is 5.73 Å². The van der Waals surface area contributed by atoms with Crippen LogP contribution >= 0.6 is 0 Å². The van der Waals surface area contributed by atoms with E-state index in [2.05, 4.69) is 0 Å². The molecule has 1 aromatic carbocycles. The Labute approximate surface area is 106 Å². The zero-order valence-corrected chi connectivity index (χ0v) is 10.5. The van der Waals surface area contributed by atoms with Gasteiger partial charge in [-0.3, -0.25) is 14.9 Å². The van der Waals surface area contributed by atoms with Gasteiger partial charge < -0.3 is 10.6 Å². The Hall–Kier alpha value is -1.95. The summed E-state index contributed by atoms with van der Waals surface area (Å²) in [6.07, 6.45) is 0. The lowest BCUT2D eigenvalue weighted by molar-refractivity contribution is -0.384. The minimum Gasteiger partial charge on any atom is -0.337 e. The van der Waals surface area contributed by atoms with Crippen LogP contribution in [0.3, 0.4) is 0 Å². The molecule has 0 heterocycles. The van der Waals surface area contributed by atoms with E-state index in [0.717, 1.165) is 5.56 Å². The third kappa shape index (κ3) is 3.53. The number of nitrogens with two attached hydrogens (primary N) is 1. The number of nitro benzene ring substituents is 1. The lowest BCUT2D eigenvalue weighted by atomic mass is 10.1. The number of amides is 1. The number of carbonyl (C=O) groups excluding carboxylic acids is 1. The standard InChI is InChI=1S/C12H17N3O3/c1-3-14(12(16)9(2)13)8-10-5-4-6-11(7-10)15(17)18/h4-7,9H,3,8,13H2,1-2H3. The van der Waals surface area contributed by atoms with Gasteiger partial charge in [-0.15, -0.1) is 0 Å². The first-order valence-electron chi connectivity index (χ1n) is 5.73. The van der Waals surface area contributed by atoms with E-state index in [1.807, 2.05) is 6.92 Å². The van der Waals surface area contributed by atoms with Crippen molar-refractivity contribution in [3.8, 4) is 0 Å². The molecule has 0 fully saturated rings. The summed E-state index contributed by atoms with van der Waals surface area (Å²) in [4.78, 5) is 23.5. The summed E-state index contributed by atoms with van der Waals surface area (Å²) < 4.78 is 0. The third-order valence-corrected chi connectivity index (χ3v) is 2.58. The Morgan fingerprint density at radius 1 is 1.56 bits per heavy atom. The molecule has 6 nitrogen and oxygen atoms in total. The van der Waals surface area contributed by atoms with E-state index in [-0.39, 0.29) is 11.6 Å². The van der Waals surface area contributed by atoms with E-state index in [9.17, 15) is 14.9 Å². The van der Waals surface area contributed by atoms with Crippen LogP contribution in [0.2, 0.25) is 0 Å². The van der Waals surface area contributed by atoms with Crippen LogP contribution in [0.25, 0.3) is 0 Å². The van der Waals surface area contributed by atoms with Gasteiger partial charge in [-0.2, -0.15) is 0 Å². The summed E-state index contributed by atoms with van der Waals surface area (Å²) in [6.45, 7) is 4.32. The maximum atomic E-state index is 11.8. The van der Waals surface area contributed by atoms with E-state index in [1.54, 1.807) is 24.0 Å². The molecule has 98 valence electrons. The first-order valence-corrected chi connectivity index (χ1v) is 5.73. The van der Waals surface area contributed by atoms with Crippen molar-refractivity contribution in [1.29, 1.82) is 0 Å². The second-order valence-corrected chi connectivity index (χ2v) is 4.07. The van der Waals surface area contributed by atoms with E-state index < -0.39 is 11.0 Å². The number of non-ortho nitro benzene ring substituents is 1. The smallest absolute Gasteiger partial charge is 0.269 e. The van der Waals surface area contributed by atoms with Gasteiger partial charge in [0.1, 0.15) is 0 Å². The minimum atomic E-state index is -0.566. The Morgan fingerprint density at radius 2 is 2.22 bits per heavy atom. The second kappa shape index (κ2) is 6.11. The monoisotopic (exact) mass is 251 g/mol. The Bertz CT molecular complexity index is 446. The summed E-state index contributed by atoms with van der Waals surface area (Å²) in [5, 5.41) is 10.7. The predicted molar refractivity (Wildman–Crippen MR) is 67.8 cm³/mol. The van der Waals surface area contributed by atoms with Crippen LogP contribution in [-0.4, -0.2) is 28.3 Å². The Balaban J connectivity index is 2.85. The maximum Gasteiger partial charge on any atom is 0.269 e. The van der Waals surface area contributed by atoms with Gasteiger partial charge in [0, 0.05) is 25.2 Å². The maximum absolute atomic E-state index is 11.8. The van der Waals surface area contributed by atoms with Crippen molar-refractivity contribution in [3.63, 3.8) is 0 Å². The summed E-state index contributed by atoms with van der Waals surface area (Å²) in [6, 6.07) is 5.69. The van der Waals surface area contributed by atoms with E-state index >= 15 is 0 Å². The summed E-state index contributed by atoms with van der Waals surface area (Å²) >= 11 is 0. The molecule has 0 aliphatic heterocycles. The lowest BCUT2D eigenvalue weighted by Crippen LogP contribution is -2.41. The molecule has 0 aliphatic carbocycles. The molecule has 6 heteroatoms. The molecule has 1 amide bonds. The number of carbonyl (C=O) groups is 1. The van der Waals surface area contributed by atoms with Crippen LogP contribution in [0.4, 0.5) is 5.69 Å². The topological polar surface area (TPSA) is 89.5 Å². The van der Waals surface area contributed by atoms with Crippen molar-refractivity contribution < 1.29 is 9.72 Å². The molecule has 1 unspecified atom stereocenters. The average Bonchev–Trinajstić information content (AvgIpc) is 2.35. The zero-order chi connectivity index (χ0) is 13.7. The molecule has 1 rings (SSSR count). The van der Waals surface area contributed by atoms with Gasteiger partial charge >= 0.3 is 0 Å². The van der Waals surface area contributed by atoms with Crippen molar-refractivity contribution in [3.05, 3.63) is 39.9 Å². The van der Waals surface area contributed by atoms with Crippen LogP contribution in [-0.2, 0) is 11.3 Å². The molecular weight excluding hydrogens is 234 g/mol. The fraction of sp³-hybridized carbons (Fsp3) is 0.417. The Kier molecular flexibility index (Phi) is 4.79. The lowest BCUT2D eigenvalue weighted by Gasteiger charge is -2.22. The molecular formula is C12H17N3O3. The van der Waals surface area contributed by atoms with Crippen LogP contribution in [0, 0.1) is 10.1 Å². The molecule has 0 saturated carbocycles. The molecule has 0 radical (unpaired) electrons. The highest BCUT2D eigenvalue weighted by atomic mass is 16.6. The van der Waals surface area contributed by atoms with Crippen molar-refractivity contribution in [2.75, 3.05) is 6.54 Å². The number of benzene rings is 1. The highest BCUT2D eigenvalue weighted by molar-refractivity contribution is 5.81. The number of likely N-dealkylation sites (N-methyl/N-ethyl adjacent to an activating group) is 1. The van der Waals surface area contributed by atoms with Crippen molar-refractivity contribution in [2.24, 2.45) is 5.73 Å². The highest BCUT2D eigenvalue weighted by Gasteiger charge is 2.16. The van der Waals surface area contributed by atoms with Crippen molar-refractivity contribution >= 4 is 11.6 Å². The molecule has 1 atom stereocenters. The number of rotatable bonds is 5. The first-order chi connectivity index (χ1) is 8.45. The predicted octanol–water partition coefficient (Wildman–Crippen LogP) is 1.29. The average molecular weight is 251 g/mol. The number of nitro groups is 1. The molecule has 0 saturated heterocycles. The molecule has 0 aromatic heterocycles. The van der Waals surface area contributed by atoms with Crippen molar-refractivity contribution in [2.45, 2.75) is 26.4 Å². The fourth-order valence-electron chi connectivity index (χ4n) is 1.62. The number of nitrogens with zero attached hydrogens (tertiary/aromatic N) is 2. The van der Waals surface area contributed by atoms with Gasteiger partial charge in [0.05, 0.1) is 11.0 Å².